The van der Waals surface area contributed by atoms with Crippen molar-refractivity contribution in [2.75, 3.05) is 18.5 Å². The third-order valence-corrected chi connectivity index (χ3v) is 3.62. The van der Waals surface area contributed by atoms with E-state index >= 15 is 0 Å². The number of urea groups is 1. The summed E-state index contributed by atoms with van der Waals surface area (Å²) < 4.78 is 15.7. The molecule has 0 saturated carbocycles. The highest BCUT2D eigenvalue weighted by Gasteiger charge is 2.18. The molecule has 5 nitrogen and oxygen atoms in total. The smallest absolute Gasteiger partial charge is 0.319 e. The molecule has 0 fully saturated rings. The molecule has 3 N–H and O–H groups in total. The lowest BCUT2D eigenvalue weighted by molar-refractivity contribution is 0.204. The summed E-state index contributed by atoms with van der Waals surface area (Å²) in [6.45, 7) is 4.33. The third kappa shape index (κ3) is 4.82. The SMILES string of the molecule is CC(C)(CCO)CNC(=O)Nc1cc(-n2cccc2)ccc1F. The summed E-state index contributed by atoms with van der Waals surface area (Å²) >= 11 is 0. The first-order chi connectivity index (χ1) is 10.9. The molecule has 2 amide bonds. The Labute approximate surface area is 135 Å². The minimum atomic E-state index is -0.495. The Morgan fingerprint density at radius 3 is 2.65 bits per heavy atom. The topological polar surface area (TPSA) is 66.3 Å². The molecule has 0 atom stereocenters. The van der Waals surface area contributed by atoms with Crippen LogP contribution in [0, 0.1) is 11.2 Å². The van der Waals surface area contributed by atoms with Crippen molar-refractivity contribution < 1.29 is 14.3 Å². The van der Waals surface area contributed by atoms with Crippen molar-refractivity contribution >= 4 is 11.7 Å². The highest BCUT2D eigenvalue weighted by atomic mass is 19.1. The lowest BCUT2D eigenvalue weighted by Crippen LogP contribution is -2.37. The number of nitrogens with zero attached hydrogens (tertiary/aromatic N) is 1. The number of amides is 2. The summed E-state index contributed by atoms with van der Waals surface area (Å²) in [6, 6.07) is 7.80. The summed E-state index contributed by atoms with van der Waals surface area (Å²) in [5.74, 6) is -0.495. The molecule has 0 bridgehead atoms. The van der Waals surface area contributed by atoms with Crippen LogP contribution >= 0.6 is 0 Å². The van der Waals surface area contributed by atoms with Crippen LogP contribution in [-0.4, -0.2) is 28.9 Å². The van der Waals surface area contributed by atoms with Gasteiger partial charge in [-0.1, -0.05) is 13.8 Å². The third-order valence-electron chi connectivity index (χ3n) is 3.62. The molecule has 0 aliphatic carbocycles. The summed E-state index contributed by atoms with van der Waals surface area (Å²) in [6.07, 6.45) is 4.26. The highest BCUT2D eigenvalue weighted by Crippen LogP contribution is 2.20. The average molecular weight is 319 g/mol. The Balaban J connectivity index is 2.02. The second kappa shape index (κ2) is 7.28. The Kier molecular flexibility index (Phi) is 5.39. The van der Waals surface area contributed by atoms with E-state index in [1.54, 1.807) is 12.1 Å². The Morgan fingerprint density at radius 2 is 2.00 bits per heavy atom. The molecule has 23 heavy (non-hydrogen) atoms. The van der Waals surface area contributed by atoms with Gasteiger partial charge in [-0.2, -0.15) is 0 Å². The van der Waals surface area contributed by atoms with Crippen molar-refractivity contribution in [2.24, 2.45) is 5.41 Å². The van der Waals surface area contributed by atoms with E-state index in [2.05, 4.69) is 10.6 Å². The molecule has 0 radical (unpaired) electrons. The van der Waals surface area contributed by atoms with Gasteiger partial charge in [-0.25, -0.2) is 9.18 Å². The van der Waals surface area contributed by atoms with Gasteiger partial charge in [0.05, 0.1) is 5.69 Å². The predicted octanol–water partition coefficient (Wildman–Crippen LogP) is 3.15. The fourth-order valence-electron chi connectivity index (χ4n) is 2.15. The van der Waals surface area contributed by atoms with Gasteiger partial charge in [0.2, 0.25) is 0 Å². The largest absolute Gasteiger partial charge is 0.396 e. The van der Waals surface area contributed by atoms with Crippen molar-refractivity contribution in [1.82, 2.24) is 9.88 Å². The van der Waals surface area contributed by atoms with E-state index in [0.717, 1.165) is 5.69 Å². The zero-order chi connectivity index (χ0) is 16.9. The van der Waals surface area contributed by atoms with Gasteiger partial charge in [0.25, 0.3) is 0 Å². The van der Waals surface area contributed by atoms with E-state index in [-0.39, 0.29) is 17.7 Å². The number of aromatic nitrogens is 1. The van der Waals surface area contributed by atoms with Gasteiger partial charge in [0.15, 0.2) is 0 Å². The van der Waals surface area contributed by atoms with Crippen LogP contribution in [0.3, 0.4) is 0 Å². The van der Waals surface area contributed by atoms with Crippen LogP contribution in [-0.2, 0) is 0 Å². The number of hydrogen-bond acceptors (Lipinski definition) is 2. The summed E-state index contributed by atoms with van der Waals surface area (Å²) in [5.41, 5.74) is 0.651. The average Bonchev–Trinajstić information content (AvgIpc) is 3.02. The quantitative estimate of drug-likeness (QED) is 0.766. The number of carbonyl (C=O) groups is 1. The number of hydrogen-bond donors (Lipinski definition) is 3. The lowest BCUT2D eigenvalue weighted by atomic mass is 9.90. The molecule has 2 aromatic rings. The van der Waals surface area contributed by atoms with Gasteiger partial charge in [-0.3, -0.25) is 0 Å². The molecular formula is C17H22FN3O2. The summed E-state index contributed by atoms with van der Waals surface area (Å²) in [7, 11) is 0. The number of rotatable bonds is 6. The number of aliphatic hydroxyl groups excluding tert-OH is 1. The number of nitrogens with one attached hydrogen (secondary N) is 2. The first kappa shape index (κ1) is 17.0. The Bertz CT molecular complexity index is 654. The zero-order valence-electron chi connectivity index (χ0n) is 13.3. The first-order valence-corrected chi connectivity index (χ1v) is 7.50. The van der Waals surface area contributed by atoms with Crippen molar-refractivity contribution in [3.8, 4) is 5.69 Å². The van der Waals surface area contributed by atoms with Crippen LogP contribution in [0.15, 0.2) is 42.7 Å². The molecule has 0 aliphatic heterocycles. The van der Waals surface area contributed by atoms with E-state index in [1.165, 1.54) is 6.07 Å². The van der Waals surface area contributed by atoms with E-state index in [9.17, 15) is 9.18 Å². The van der Waals surface area contributed by atoms with E-state index in [1.807, 2.05) is 42.9 Å². The van der Waals surface area contributed by atoms with Crippen molar-refractivity contribution in [3.05, 3.63) is 48.5 Å². The van der Waals surface area contributed by atoms with Crippen LogP contribution in [0.4, 0.5) is 14.9 Å². The van der Waals surface area contributed by atoms with Crippen LogP contribution in [0.25, 0.3) is 5.69 Å². The zero-order valence-corrected chi connectivity index (χ0v) is 13.3. The van der Waals surface area contributed by atoms with E-state index in [4.69, 9.17) is 5.11 Å². The second-order valence-electron chi connectivity index (χ2n) is 6.20. The van der Waals surface area contributed by atoms with Crippen LogP contribution in [0.5, 0.6) is 0 Å². The van der Waals surface area contributed by atoms with Crippen molar-refractivity contribution in [3.63, 3.8) is 0 Å². The summed E-state index contributed by atoms with van der Waals surface area (Å²) in [5, 5.41) is 14.2. The number of anilines is 1. The normalized spacial score (nSPS) is 11.3. The maximum Gasteiger partial charge on any atom is 0.319 e. The molecule has 0 unspecified atom stereocenters. The molecule has 2 rings (SSSR count). The molecule has 0 saturated heterocycles. The minimum absolute atomic E-state index is 0.0594. The lowest BCUT2D eigenvalue weighted by Gasteiger charge is -2.24. The number of aliphatic hydroxyl groups is 1. The summed E-state index contributed by atoms with van der Waals surface area (Å²) in [4.78, 5) is 12.0. The number of carbonyl (C=O) groups excluding carboxylic acids is 1. The van der Waals surface area contributed by atoms with Gasteiger partial charge in [-0.15, -0.1) is 0 Å². The van der Waals surface area contributed by atoms with Gasteiger partial charge in [0, 0.05) is 31.2 Å². The molecule has 1 aromatic carbocycles. The van der Waals surface area contributed by atoms with Crippen LogP contribution in [0.2, 0.25) is 0 Å². The fraction of sp³-hybridized carbons (Fsp3) is 0.353. The minimum Gasteiger partial charge on any atom is -0.396 e. The van der Waals surface area contributed by atoms with E-state index < -0.39 is 11.8 Å². The molecular weight excluding hydrogens is 297 g/mol. The van der Waals surface area contributed by atoms with Gasteiger partial charge in [-0.05, 0) is 42.2 Å². The first-order valence-electron chi connectivity index (χ1n) is 7.50. The van der Waals surface area contributed by atoms with Crippen LogP contribution < -0.4 is 10.6 Å². The van der Waals surface area contributed by atoms with Gasteiger partial charge in [0.1, 0.15) is 5.82 Å². The van der Waals surface area contributed by atoms with Gasteiger partial charge < -0.3 is 20.3 Å². The molecule has 0 spiro atoms. The molecule has 0 aliphatic rings. The van der Waals surface area contributed by atoms with E-state index in [0.29, 0.717) is 13.0 Å². The molecule has 124 valence electrons. The fourth-order valence-corrected chi connectivity index (χ4v) is 2.15. The molecule has 1 aromatic heterocycles. The number of halogens is 1. The highest BCUT2D eigenvalue weighted by molar-refractivity contribution is 5.89. The van der Waals surface area contributed by atoms with Gasteiger partial charge >= 0.3 is 6.03 Å². The second-order valence-corrected chi connectivity index (χ2v) is 6.20. The Hall–Kier alpha value is -2.34. The Morgan fingerprint density at radius 1 is 1.30 bits per heavy atom. The number of benzene rings is 1. The standard InChI is InChI=1S/C17H22FN3O2/c1-17(2,7-10-22)12-19-16(23)20-15-11-13(5-6-14(15)18)21-8-3-4-9-21/h3-6,8-9,11,22H,7,10,12H2,1-2H3,(H2,19,20,23). The maximum absolute atomic E-state index is 13.9. The van der Waals surface area contributed by atoms with Crippen molar-refractivity contribution in [2.45, 2.75) is 20.3 Å². The monoisotopic (exact) mass is 319 g/mol. The molecule has 6 heteroatoms. The molecule has 1 heterocycles. The van der Waals surface area contributed by atoms with Crippen LogP contribution in [0.1, 0.15) is 20.3 Å². The van der Waals surface area contributed by atoms with Crippen molar-refractivity contribution in [1.29, 1.82) is 0 Å². The predicted molar refractivity (Wildman–Crippen MR) is 88.2 cm³/mol. The maximum atomic E-state index is 13.9.